The predicted molar refractivity (Wildman–Crippen MR) is 64.4 cm³/mol. The van der Waals surface area contributed by atoms with E-state index in [1.807, 2.05) is 13.0 Å². The smallest absolute Gasteiger partial charge is 0.224 e. The van der Waals surface area contributed by atoms with Crippen LogP contribution in [0.1, 0.15) is 26.2 Å². The topological polar surface area (TPSA) is 62.6 Å². The normalized spacial score (nSPS) is 9.94. The molecule has 0 spiro atoms. The SMILES string of the molecule is CCCOCCC(=O)N(CCC#N)CCOC. The summed E-state index contributed by atoms with van der Waals surface area (Å²) < 4.78 is 10.2. The monoisotopic (exact) mass is 242 g/mol. The van der Waals surface area contributed by atoms with Crippen molar-refractivity contribution in [2.45, 2.75) is 26.2 Å². The molecular weight excluding hydrogens is 220 g/mol. The van der Waals surface area contributed by atoms with Gasteiger partial charge in [0.25, 0.3) is 0 Å². The van der Waals surface area contributed by atoms with Crippen LogP contribution in [-0.2, 0) is 14.3 Å². The Morgan fingerprint density at radius 3 is 2.65 bits per heavy atom. The molecule has 5 heteroatoms. The molecule has 0 rings (SSSR count). The molecular formula is C12H22N2O3. The van der Waals surface area contributed by atoms with Crippen molar-refractivity contribution in [3.05, 3.63) is 0 Å². The third kappa shape index (κ3) is 8.66. The summed E-state index contributed by atoms with van der Waals surface area (Å²) >= 11 is 0. The highest BCUT2D eigenvalue weighted by atomic mass is 16.5. The second-order valence-corrected chi connectivity index (χ2v) is 3.64. The van der Waals surface area contributed by atoms with Crippen LogP contribution < -0.4 is 0 Å². The van der Waals surface area contributed by atoms with Gasteiger partial charge in [0.05, 0.1) is 32.1 Å². The molecule has 0 N–H and O–H groups in total. The van der Waals surface area contributed by atoms with Crippen molar-refractivity contribution >= 4 is 5.91 Å². The number of nitriles is 1. The first-order valence-corrected chi connectivity index (χ1v) is 5.97. The van der Waals surface area contributed by atoms with Crippen LogP contribution in [0.15, 0.2) is 0 Å². The van der Waals surface area contributed by atoms with Crippen molar-refractivity contribution in [3.63, 3.8) is 0 Å². The summed E-state index contributed by atoms with van der Waals surface area (Å²) in [7, 11) is 1.59. The molecule has 5 nitrogen and oxygen atoms in total. The largest absolute Gasteiger partial charge is 0.383 e. The van der Waals surface area contributed by atoms with Crippen molar-refractivity contribution < 1.29 is 14.3 Å². The van der Waals surface area contributed by atoms with Crippen molar-refractivity contribution in [1.29, 1.82) is 5.26 Å². The van der Waals surface area contributed by atoms with E-state index in [0.29, 0.717) is 45.8 Å². The number of nitrogens with zero attached hydrogens (tertiary/aromatic N) is 2. The molecule has 0 atom stereocenters. The lowest BCUT2D eigenvalue weighted by atomic mass is 10.3. The number of carbonyl (C=O) groups is 1. The van der Waals surface area contributed by atoms with E-state index in [2.05, 4.69) is 0 Å². The van der Waals surface area contributed by atoms with Crippen molar-refractivity contribution in [2.24, 2.45) is 0 Å². The molecule has 0 aliphatic heterocycles. The molecule has 0 radical (unpaired) electrons. The van der Waals surface area contributed by atoms with Gasteiger partial charge in [0, 0.05) is 26.8 Å². The summed E-state index contributed by atoms with van der Waals surface area (Å²) in [6.07, 6.45) is 1.68. The number of hydrogen-bond acceptors (Lipinski definition) is 4. The van der Waals surface area contributed by atoms with Crippen LogP contribution in [0.4, 0.5) is 0 Å². The average molecular weight is 242 g/mol. The number of hydrogen-bond donors (Lipinski definition) is 0. The Hall–Kier alpha value is -1.12. The van der Waals surface area contributed by atoms with E-state index in [4.69, 9.17) is 14.7 Å². The molecule has 0 bridgehead atoms. The van der Waals surface area contributed by atoms with Gasteiger partial charge in [0.15, 0.2) is 0 Å². The zero-order chi connectivity index (χ0) is 12.9. The van der Waals surface area contributed by atoms with Gasteiger partial charge in [-0.25, -0.2) is 0 Å². The maximum atomic E-state index is 11.8. The summed E-state index contributed by atoms with van der Waals surface area (Å²) in [6.45, 7) is 4.65. The highest BCUT2D eigenvalue weighted by Gasteiger charge is 2.12. The third-order valence-corrected chi connectivity index (χ3v) is 2.22. The first-order chi connectivity index (χ1) is 8.26. The van der Waals surface area contributed by atoms with Gasteiger partial charge in [-0.15, -0.1) is 0 Å². The van der Waals surface area contributed by atoms with Crippen LogP contribution in [0.2, 0.25) is 0 Å². The molecule has 0 aliphatic rings. The Balaban J connectivity index is 3.90. The summed E-state index contributed by atoms with van der Waals surface area (Å²) in [5, 5.41) is 8.52. The lowest BCUT2D eigenvalue weighted by Gasteiger charge is -2.21. The highest BCUT2D eigenvalue weighted by molar-refractivity contribution is 5.76. The minimum absolute atomic E-state index is 0.0217. The Labute approximate surface area is 103 Å². The summed E-state index contributed by atoms with van der Waals surface area (Å²) in [6, 6.07) is 2.04. The van der Waals surface area contributed by atoms with Crippen LogP contribution in [0.25, 0.3) is 0 Å². The van der Waals surface area contributed by atoms with Crippen molar-refractivity contribution in [2.75, 3.05) is 40.0 Å². The minimum Gasteiger partial charge on any atom is -0.383 e. The lowest BCUT2D eigenvalue weighted by molar-refractivity contribution is -0.132. The van der Waals surface area contributed by atoms with Gasteiger partial charge in [-0.05, 0) is 6.42 Å². The van der Waals surface area contributed by atoms with Crippen LogP contribution >= 0.6 is 0 Å². The van der Waals surface area contributed by atoms with E-state index < -0.39 is 0 Å². The van der Waals surface area contributed by atoms with Crippen LogP contribution in [-0.4, -0.2) is 50.8 Å². The average Bonchev–Trinajstić information content (AvgIpc) is 2.34. The molecule has 98 valence electrons. The van der Waals surface area contributed by atoms with Gasteiger partial charge in [-0.2, -0.15) is 5.26 Å². The number of methoxy groups -OCH3 is 1. The quantitative estimate of drug-likeness (QED) is 0.540. The zero-order valence-electron chi connectivity index (χ0n) is 10.8. The zero-order valence-corrected chi connectivity index (χ0v) is 10.8. The minimum atomic E-state index is 0.0217. The fourth-order valence-corrected chi connectivity index (χ4v) is 1.31. The number of rotatable bonds is 10. The molecule has 0 saturated carbocycles. The predicted octanol–water partition coefficient (Wildman–Crippen LogP) is 1.19. The van der Waals surface area contributed by atoms with E-state index in [-0.39, 0.29) is 5.91 Å². The molecule has 0 aromatic carbocycles. The van der Waals surface area contributed by atoms with Crippen molar-refractivity contribution in [3.8, 4) is 6.07 Å². The molecule has 0 aromatic rings. The lowest BCUT2D eigenvalue weighted by Crippen LogP contribution is -2.35. The van der Waals surface area contributed by atoms with Crippen LogP contribution in [0.3, 0.4) is 0 Å². The van der Waals surface area contributed by atoms with Crippen molar-refractivity contribution in [1.82, 2.24) is 4.90 Å². The summed E-state index contributed by atoms with van der Waals surface area (Å²) in [4.78, 5) is 13.5. The number of ether oxygens (including phenoxy) is 2. The van der Waals surface area contributed by atoms with Gasteiger partial charge in [-0.1, -0.05) is 6.92 Å². The van der Waals surface area contributed by atoms with E-state index in [9.17, 15) is 4.79 Å². The van der Waals surface area contributed by atoms with Gasteiger partial charge in [0.2, 0.25) is 5.91 Å². The van der Waals surface area contributed by atoms with Gasteiger partial charge in [-0.3, -0.25) is 4.79 Å². The molecule has 0 fully saturated rings. The fraction of sp³-hybridized carbons (Fsp3) is 0.833. The Morgan fingerprint density at radius 1 is 1.29 bits per heavy atom. The summed E-state index contributed by atoms with van der Waals surface area (Å²) in [5.41, 5.74) is 0. The molecule has 0 saturated heterocycles. The Kier molecular flexibility index (Phi) is 10.6. The second kappa shape index (κ2) is 11.4. The van der Waals surface area contributed by atoms with Gasteiger partial charge < -0.3 is 14.4 Å². The fourth-order valence-electron chi connectivity index (χ4n) is 1.31. The maximum absolute atomic E-state index is 11.8. The van der Waals surface area contributed by atoms with E-state index in [0.717, 1.165) is 6.42 Å². The van der Waals surface area contributed by atoms with Crippen LogP contribution in [0.5, 0.6) is 0 Å². The Bertz CT molecular complexity index is 238. The maximum Gasteiger partial charge on any atom is 0.224 e. The highest BCUT2D eigenvalue weighted by Crippen LogP contribution is 1.98. The van der Waals surface area contributed by atoms with E-state index in [1.165, 1.54) is 0 Å². The standard InChI is InChI=1S/C12H22N2O3/c1-3-9-17-10-5-12(15)14(7-4-6-13)8-11-16-2/h3-5,7-11H2,1-2H3. The third-order valence-electron chi connectivity index (χ3n) is 2.22. The van der Waals surface area contributed by atoms with Gasteiger partial charge in [0.1, 0.15) is 0 Å². The first-order valence-electron chi connectivity index (χ1n) is 5.97. The molecule has 0 aliphatic carbocycles. The second-order valence-electron chi connectivity index (χ2n) is 3.64. The number of carbonyl (C=O) groups excluding carboxylic acids is 1. The number of amides is 1. The van der Waals surface area contributed by atoms with E-state index >= 15 is 0 Å². The molecule has 0 heterocycles. The Morgan fingerprint density at radius 2 is 2.06 bits per heavy atom. The first kappa shape index (κ1) is 15.9. The van der Waals surface area contributed by atoms with Gasteiger partial charge >= 0.3 is 0 Å². The molecule has 1 amide bonds. The van der Waals surface area contributed by atoms with Crippen LogP contribution in [0, 0.1) is 11.3 Å². The van der Waals surface area contributed by atoms with E-state index in [1.54, 1.807) is 12.0 Å². The summed E-state index contributed by atoms with van der Waals surface area (Å²) in [5.74, 6) is 0.0217. The molecule has 0 aromatic heterocycles. The molecule has 0 unspecified atom stereocenters. The molecule has 17 heavy (non-hydrogen) atoms.